The summed E-state index contributed by atoms with van der Waals surface area (Å²) in [4.78, 5) is 20.2. The summed E-state index contributed by atoms with van der Waals surface area (Å²) in [7, 11) is 1.96. The van der Waals surface area contributed by atoms with E-state index in [1.807, 2.05) is 7.05 Å². The lowest BCUT2D eigenvalue weighted by molar-refractivity contribution is -0.192. The van der Waals surface area contributed by atoms with Crippen molar-refractivity contribution in [2.45, 2.75) is 56.7 Å². The molecule has 0 radical (unpaired) electrons. The van der Waals surface area contributed by atoms with Crippen LogP contribution in [-0.4, -0.2) is 48.3 Å². The van der Waals surface area contributed by atoms with Crippen molar-refractivity contribution in [3.63, 3.8) is 0 Å². The third-order valence-corrected chi connectivity index (χ3v) is 5.74. The molecule has 1 aliphatic rings. The summed E-state index contributed by atoms with van der Waals surface area (Å²) in [6, 6.07) is 10.7. The second-order valence-corrected chi connectivity index (χ2v) is 8.23. The minimum Gasteiger partial charge on any atom is -0.475 e. The van der Waals surface area contributed by atoms with Gasteiger partial charge in [0.1, 0.15) is 5.82 Å². The molecule has 198 valence electrons. The molecule has 3 rings (SSSR count). The van der Waals surface area contributed by atoms with Crippen LogP contribution >= 0.6 is 0 Å². The summed E-state index contributed by atoms with van der Waals surface area (Å²) < 4.78 is 83.6. The minimum atomic E-state index is -5.08. The van der Waals surface area contributed by atoms with E-state index >= 15 is 0 Å². The SMILES string of the molecule is CNC1CCC(NCc2cc(-c3ccc(C(=O)C(F)(F)F)cc3)ccc2F)CC1.O=C(O)C(F)(F)F. The fourth-order valence-corrected chi connectivity index (χ4v) is 3.71. The molecule has 0 saturated heterocycles. The average Bonchev–Trinajstić information content (AvgIpc) is 2.83. The first-order chi connectivity index (χ1) is 16.7. The summed E-state index contributed by atoms with van der Waals surface area (Å²) in [5.74, 6) is -4.96. The molecule has 12 heteroatoms. The molecule has 1 fully saturated rings. The van der Waals surface area contributed by atoms with E-state index in [1.165, 1.54) is 18.2 Å². The maximum Gasteiger partial charge on any atom is 0.490 e. The van der Waals surface area contributed by atoms with E-state index in [0.29, 0.717) is 35.3 Å². The van der Waals surface area contributed by atoms with E-state index < -0.39 is 29.7 Å². The molecule has 2 aromatic rings. The molecule has 1 aliphatic carbocycles. The van der Waals surface area contributed by atoms with E-state index in [2.05, 4.69) is 10.6 Å². The van der Waals surface area contributed by atoms with Gasteiger partial charge in [-0.15, -0.1) is 0 Å². The number of hydrogen-bond acceptors (Lipinski definition) is 4. The molecule has 0 amide bonds. The molecular weight excluding hydrogens is 497 g/mol. The summed E-state index contributed by atoms with van der Waals surface area (Å²) >= 11 is 0. The second kappa shape index (κ2) is 12.3. The molecule has 1 saturated carbocycles. The number of rotatable bonds is 6. The average molecular weight is 522 g/mol. The number of Topliss-reactive ketones (excluding diaryl/α,β-unsaturated/α-hetero) is 1. The number of carbonyl (C=O) groups is 2. The number of nitrogens with one attached hydrogen (secondary N) is 2. The van der Waals surface area contributed by atoms with Gasteiger partial charge in [-0.25, -0.2) is 9.18 Å². The van der Waals surface area contributed by atoms with Gasteiger partial charge < -0.3 is 15.7 Å². The zero-order valence-corrected chi connectivity index (χ0v) is 19.1. The van der Waals surface area contributed by atoms with E-state index in [-0.39, 0.29) is 5.82 Å². The number of carbonyl (C=O) groups excluding carboxylic acids is 1. The Bertz CT molecular complexity index is 1030. The quantitative estimate of drug-likeness (QED) is 0.346. The molecule has 0 bridgehead atoms. The van der Waals surface area contributed by atoms with Crippen molar-refractivity contribution in [2.75, 3.05) is 7.05 Å². The Hall–Kier alpha value is -2.99. The van der Waals surface area contributed by atoms with Crippen LogP contribution in [0.1, 0.15) is 41.6 Å². The topological polar surface area (TPSA) is 78.4 Å². The van der Waals surface area contributed by atoms with Gasteiger partial charge in [-0.3, -0.25) is 4.79 Å². The second-order valence-electron chi connectivity index (χ2n) is 8.23. The molecule has 2 aromatic carbocycles. The highest BCUT2D eigenvalue weighted by molar-refractivity contribution is 6.00. The van der Waals surface area contributed by atoms with Gasteiger partial charge >= 0.3 is 18.3 Å². The third-order valence-electron chi connectivity index (χ3n) is 5.74. The van der Waals surface area contributed by atoms with Gasteiger partial charge in [0.15, 0.2) is 0 Å². The zero-order chi connectivity index (χ0) is 27.1. The van der Waals surface area contributed by atoms with Crippen LogP contribution in [0.5, 0.6) is 0 Å². The maximum atomic E-state index is 14.2. The van der Waals surface area contributed by atoms with Gasteiger partial charge in [0.2, 0.25) is 0 Å². The normalized spacial score (nSPS) is 18.2. The van der Waals surface area contributed by atoms with Crippen molar-refractivity contribution in [3.8, 4) is 11.1 Å². The molecule has 0 spiro atoms. The Labute approximate surface area is 202 Å². The molecule has 5 nitrogen and oxygen atoms in total. The first-order valence-corrected chi connectivity index (χ1v) is 10.9. The lowest BCUT2D eigenvalue weighted by Crippen LogP contribution is -2.38. The Morgan fingerprint density at radius 1 is 0.861 bits per heavy atom. The van der Waals surface area contributed by atoms with E-state index in [4.69, 9.17) is 9.90 Å². The maximum absolute atomic E-state index is 14.2. The van der Waals surface area contributed by atoms with Gasteiger partial charge in [-0.2, -0.15) is 26.3 Å². The van der Waals surface area contributed by atoms with Gasteiger partial charge in [0.25, 0.3) is 5.78 Å². The Balaban J connectivity index is 0.000000572. The lowest BCUT2D eigenvalue weighted by Gasteiger charge is -2.29. The van der Waals surface area contributed by atoms with Crippen LogP contribution in [0, 0.1) is 5.82 Å². The number of alkyl halides is 6. The highest BCUT2D eigenvalue weighted by atomic mass is 19.4. The van der Waals surface area contributed by atoms with Crippen LogP contribution in [-0.2, 0) is 11.3 Å². The zero-order valence-electron chi connectivity index (χ0n) is 19.1. The number of aliphatic carboxylic acids is 1. The summed E-state index contributed by atoms with van der Waals surface area (Å²) in [6.07, 6.45) is -5.76. The van der Waals surface area contributed by atoms with Crippen LogP contribution in [0.2, 0.25) is 0 Å². The predicted molar refractivity (Wildman–Crippen MR) is 118 cm³/mol. The molecule has 36 heavy (non-hydrogen) atoms. The van der Waals surface area contributed by atoms with Crippen LogP contribution in [0.15, 0.2) is 42.5 Å². The van der Waals surface area contributed by atoms with Gasteiger partial charge in [-0.1, -0.05) is 30.3 Å². The first kappa shape index (κ1) is 29.2. The summed E-state index contributed by atoms with van der Waals surface area (Å²) in [5, 5.41) is 13.8. The standard InChI is InChI=1S/C22H24F4N2O.C2HF3O2/c1-27-18-7-9-19(10-8-18)28-13-17-12-16(6-11-20(17)23)14-2-4-15(5-3-14)21(29)22(24,25)26;3-2(4,5)1(6)7/h2-6,11-12,18-19,27-28H,7-10,13H2,1H3;(H,6,7). The monoisotopic (exact) mass is 522 g/mol. The van der Waals surface area contributed by atoms with Gasteiger partial charge in [-0.05, 0) is 56.0 Å². The highest BCUT2D eigenvalue weighted by Gasteiger charge is 2.39. The molecule has 0 aliphatic heterocycles. The van der Waals surface area contributed by atoms with Crippen LogP contribution in [0.4, 0.5) is 30.7 Å². The fourth-order valence-electron chi connectivity index (χ4n) is 3.71. The van der Waals surface area contributed by atoms with Gasteiger partial charge in [0, 0.05) is 29.8 Å². The fraction of sp³-hybridized carbons (Fsp3) is 0.417. The lowest BCUT2D eigenvalue weighted by atomic mass is 9.91. The summed E-state index contributed by atoms with van der Waals surface area (Å²) in [6.45, 7) is 0.388. The first-order valence-electron chi connectivity index (χ1n) is 10.9. The Morgan fingerprint density at radius 2 is 1.36 bits per heavy atom. The number of carboxylic acid groups (broad SMARTS) is 1. The van der Waals surface area contributed by atoms with Crippen molar-refractivity contribution >= 4 is 11.8 Å². The molecule has 0 aromatic heterocycles. The van der Waals surface area contributed by atoms with Crippen molar-refractivity contribution in [1.29, 1.82) is 0 Å². The van der Waals surface area contributed by atoms with Crippen molar-refractivity contribution in [1.82, 2.24) is 10.6 Å². The Morgan fingerprint density at radius 3 is 1.83 bits per heavy atom. The van der Waals surface area contributed by atoms with Crippen LogP contribution in [0.25, 0.3) is 11.1 Å². The molecule has 0 atom stereocenters. The smallest absolute Gasteiger partial charge is 0.475 e. The minimum absolute atomic E-state index is 0.325. The largest absolute Gasteiger partial charge is 0.490 e. The van der Waals surface area contributed by atoms with Crippen molar-refractivity contribution in [2.24, 2.45) is 0 Å². The van der Waals surface area contributed by atoms with Crippen LogP contribution in [0.3, 0.4) is 0 Å². The van der Waals surface area contributed by atoms with Crippen molar-refractivity contribution in [3.05, 3.63) is 59.4 Å². The number of hydrogen-bond donors (Lipinski definition) is 3. The molecule has 0 unspecified atom stereocenters. The summed E-state index contributed by atoms with van der Waals surface area (Å²) in [5.41, 5.74) is 1.41. The number of carboxylic acids is 1. The third kappa shape index (κ3) is 8.59. The molecule has 0 heterocycles. The number of benzene rings is 2. The Kier molecular flexibility index (Phi) is 10.00. The molecule has 3 N–H and O–H groups in total. The van der Waals surface area contributed by atoms with Gasteiger partial charge in [0.05, 0.1) is 0 Å². The van der Waals surface area contributed by atoms with E-state index in [9.17, 15) is 35.5 Å². The van der Waals surface area contributed by atoms with E-state index in [0.717, 1.165) is 37.8 Å². The van der Waals surface area contributed by atoms with E-state index in [1.54, 1.807) is 12.1 Å². The number of halogens is 7. The number of ketones is 1. The van der Waals surface area contributed by atoms with Crippen molar-refractivity contribution < 1.29 is 45.4 Å². The van der Waals surface area contributed by atoms with Crippen LogP contribution < -0.4 is 10.6 Å². The molecular formula is C24H25F7N2O3. The predicted octanol–water partition coefficient (Wildman–Crippen LogP) is 5.49. The highest BCUT2D eigenvalue weighted by Crippen LogP contribution is 2.26.